The van der Waals surface area contributed by atoms with Crippen molar-refractivity contribution in [3.05, 3.63) is 35.1 Å². The molecule has 146 valence electrons. The summed E-state index contributed by atoms with van der Waals surface area (Å²) < 4.78 is 13.4. The molecule has 0 saturated heterocycles. The van der Waals surface area contributed by atoms with E-state index in [2.05, 4.69) is 20.9 Å². The lowest BCUT2D eigenvalue weighted by Gasteiger charge is -2.13. The number of thioether (sulfide) groups is 1. The summed E-state index contributed by atoms with van der Waals surface area (Å²) in [5, 5.41) is 9.32. The maximum Gasteiger partial charge on any atom is 0.223 e. The van der Waals surface area contributed by atoms with Gasteiger partial charge in [0.25, 0.3) is 0 Å². The predicted octanol–water partition coefficient (Wildman–Crippen LogP) is 2.89. The summed E-state index contributed by atoms with van der Waals surface area (Å²) >= 11 is 1.66. The molecule has 0 aliphatic heterocycles. The Morgan fingerprint density at radius 1 is 1.23 bits per heavy atom. The topological polar surface area (TPSA) is 65.5 Å². The molecule has 5 nitrogen and oxygen atoms in total. The molecule has 26 heavy (non-hydrogen) atoms. The molecule has 3 N–H and O–H groups in total. The molecular weight excluding hydrogens is 466 g/mol. The van der Waals surface area contributed by atoms with Crippen LogP contribution in [0.5, 0.6) is 0 Å². The lowest BCUT2D eigenvalue weighted by atomic mass is 10.1. The number of hydrogen-bond acceptors (Lipinski definition) is 3. The normalized spacial score (nSPS) is 13.7. The molecule has 1 amide bonds. The van der Waals surface area contributed by atoms with E-state index in [1.807, 2.05) is 13.2 Å². The molecule has 1 aromatic carbocycles. The summed E-state index contributed by atoms with van der Waals surface area (Å²) in [5.41, 5.74) is 2.00. The average molecular weight is 494 g/mol. The number of rotatable bonds is 9. The highest BCUT2D eigenvalue weighted by molar-refractivity contribution is 14.0. The van der Waals surface area contributed by atoms with Crippen LogP contribution in [0.15, 0.2) is 23.2 Å². The molecule has 0 bridgehead atoms. The second kappa shape index (κ2) is 12.4. The molecule has 1 aliphatic rings. The highest BCUT2D eigenvalue weighted by Crippen LogP contribution is 2.28. The van der Waals surface area contributed by atoms with E-state index in [0.29, 0.717) is 25.6 Å². The first kappa shape index (κ1) is 23.0. The van der Waals surface area contributed by atoms with Crippen molar-refractivity contribution in [3.8, 4) is 0 Å². The fraction of sp³-hybridized carbons (Fsp3) is 0.556. The van der Waals surface area contributed by atoms with E-state index in [4.69, 9.17) is 0 Å². The lowest BCUT2D eigenvalue weighted by molar-refractivity contribution is -0.122. The van der Waals surface area contributed by atoms with Gasteiger partial charge >= 0.3 is 0 Å². The molecule has 1 fully saturated rings. The van der Waals surface area contributed by atoms with Crippen molar-refractivity contribution in [3.63, 3.8) is 0 Å². The van der Waals surface area contributed by atoms with Crippen LogP contribution >= 0.6 is 35.7 Å². The highest BCUT2D eigenvalue weighted by Gasteiger charge is 2.28. The fourth-order valence-electron chi connectivity index (χ4n) is 2.40. The van der Waals surface area contributed by atoms with E-state index in [-0.39, 0.29) is 41.6 Å². The number of benzene rings is 1. The Kier molecular flexibility index (Phi) is 11.0. The Morgan fingerprint density at radius 2 is 1.96 bits per heavy atom. The second-order valence-electron chi connectivity index (χ2n) is 6.03. The van der Waals surface area contributed by atoms with E-state index in [1.54, 1.807) is 23.9 Å². The molecule has 0 unspecified atom stereocenters. The number of amides is 1. The fourth-order valence-corrected chi connectivity index (χ4v) is 2.98. The van der Waals surface area contributed by atoms with Gasteiger partial charge < -0.3 is 16.0 Å². The number of nitrogens with zero attached hydrogens (tertiary/aromatic N) is 1. The Labute approximate surface area is 176 Å². The van der Waals surface area contributed by atoms with Gasteiger partial charge in [0.2, 0.25) is 5.91 Å². The second-order valence-corrected chi connectivity index (χ2v) is 6.90. The third-order valence-electron chi connectivity index (χ3n) is 3.88. The summed E-state index contributed by atoms with van der Waals surface area (Å²) in [6.45, 7) is 4.43. The molecule has 8 heteroatoms. The van der Waals surface area contributed by atoms with Gasteiger partial charge in [0.15, 0.2) is 5.96 Å². The number of carbonyl (C=O) groups is 1. The number of aliphatic imine (C=N–C) groups is 1. The standard InChI is InChI=1S/C18H27FN4OS.HI/c1-3-20-18(22-9-8-21-17(24)13-4-5-13)23-11-14-6-7-16(19)10-15(14)12-25-2;/h6-7,10,13H,3-5,8-9,11-12H2,1-2H3,(H,21,24)(H2,20,22,23);1H. The summed E-state index contributed by atoms with van der Waals surface area (Å²) in [5.74, 6) is 1.63. The molecule has 1 aromatic rings. The van der Waals surface area contributed by atoms with E-state index in [9.17, 15) is 9.18 Å². The largest absolute Gasteiger partial charge is 0.357 e. The maximum atomic E-state index is 13.4. The van der Waals surface area contributed by atoms with E-state index in [1.165, 1.54) is 6.07 Å². The van der Waals surface area contributed by atoms with Crippen LogP contribution in [-0.2, 0) is 17.1 Å². The molecular formula is C18H28FIN4OS. The van der Waals surface area contributed by atoms with Gasteiger partial charge in [-0.05, 0) is 49.3 Å². The third-order valence-corrected chi connectivity index (χ3v) is 4.48. The van der Waals surface area contributed by atoms with Crippen LogP contribution in [0.2, 0.25) is 0 Å². The van der Waals surface area contributed by atoms with Gasteiger partial charge in [0.05, 0.1) is 6.54 Å². The molecule has 0 atom stereocenters. The Morgan fingerprint density at radius 3 is 2.62 bits per heavy atom. The van der Waals surface area contributed by atoms with Crippen LogP contribution < -0.4 is 16.0 Å². The van der Waals surface area contributed by atoms with Crippen LogP contribution in [0.4, 0.5) is 4.39 Å². The van der Waals surface area contributed by atoms with Crippen LogP contribution in [0, 0.1) is 11.7 Å². The Bertz CT molecular complexity index is 611. The highest BCUT2D eigenvalue weighted by atomic mass is 127. The SMILES string of the molecule is CCNC(=NCc1ccc(F)cc1CSC)NCCNC(=O)C1CC1.I. The van der Waals surface area contributed by atoms with Gasteiger partial charge in [-0.1, -0.05) is 6.07 Å². The molecule has 2 rings (SSSR count). The van der Waals surface area contributed by atoms with Gasteiger partial charge in [0, 0.05) is 31.3 Å². The third kappa shape index (κ3) is 8.11. The van der Waals surface area contributed by atoms with Crippen LogP contribution in [0.1, 0.15) is 30.9 Å². The summed E-state index contributed by atoms with van der Waals surface area (Å²) in [7, 11) is 0. The predicted molar refractivity (Wildman–Crippen MR) is 118 cm³/mol. The zero-order valence-corrected chi connectivity index (χ0v) is 18.5. The number of carbonyl (C=O) groups excluding carboxylic acids is 1. The molecule has 0 aromatic heterocycles. The quantitative estimate of drug-likeness (QED) is 0.214. The van der Waals surface area contributed by atoms with Gasteiger partial charge in [-0.3, -0.25) is 4.79 Å². The molecule has 0 heterocycles. The molecule has 0 radical (unpaired) electrons. The Balaban J connectivity index is 0.00000338. The molecule has 0 spiro atoms. The van der Waals surface area contributed by atoms with Gasteiger partial charge in [-0.25, -0.2) is 9.38 Å². The van der Waals surface area contributed by atoms with Gasteiger partial charge in [-0.2, -0.15) is 11.8 Å². The van der Waals surface area contributed by atoms with Gasteiger partial charge in [-0.15, -0.1) is 24.0 Å². The minimum absolute atomic E-state index is 0. The van der Waals surface area contributed by atoms with Crippen molar-refractivity contribution in [2.45, 2.75) is 32.1 Å². The van der Waals surface area contributed by atoms with E-state index < -0.39 is 0 Å². The van der Waals surface area contributed by atoms with Crippen molar-refractivity contribution in [2.24, 2.45) is 10.9 Å². The number of nitrogens with one attached hydrogen (secondary N) is 3. The first-order valence-corrected chi connectivity index (χ1v) is 10.1. The summed E-state index contributed by atoms with van der Waals surface area (Å²) in [6.07, 6.45) is 4.03. The number of hydrogen-bond donors (Lipinski definition) is 3. The van der Waals surface area contributed by atoms with Gasteiger partial charge in [0.1, 0.15) is 5.82 Å². The zero-order chi connectivity index (χ0) is 18.1. The van der Waals surface area contributed by atoms with E-state index >= 15 is 0 Å². The number of guanidine groups is 1. The van der Waals surface area contributed by atoms with Crippen molar-refractivity contribution < 1.29 is 9.18 Å². The maximum absolute atomic E-state index is 13.4. The summed E-state index contributed by atoms with van der Waals surface area (Å²) in [4.78, 5) is 16.2. The average Bonchev–Trinajstić information content (AvgIpc) is 3.43. The number of halogens is 2. The first-order valence-electron chi connectivity index (χ1n) is 8.70. The first-order chi connectivity index (χ1) is 12.1. The van der Waals surface area contributed by atoms with E-state index in [0.717, 1.165) is 36.3 Å². The van der Waals surface area contributed by atoms with Crippen molar-refractivity contribution in [2.75, 3.05) is 25.9 Å². The molecule has 1 aliphatic carbocycles. The smallest absolute Gasteiger partial charge is 0.223 e. The minimum Gasteiger partial charge on any atom is -0.357 e. The zero-order valence-electron chi connectivity index (χ0n) is 15.3. The molecule has 1 saturated carbocycles. The summed E-state index contributed by atoms with van der Waals surface area (Å²) in [6, 6.07) is 4.85. The van der Waals surface area contributed by atoms with Crippen molar-refractivity contribution >= 4 is 47.6 Å². The van der Waals surface area contributed by atoms with Crippen LogP contribution in [0.3, 0.4) is 0 Å². The monoisotopic (exact) mass is 494 g/mol. The lowest BCUT2D eigenvalue weighted by Crippen LogP contribution is -2.41. The van der Waals surface area contributed by atoms with Crippen LogP contribution in [-0.4, -0.2) is 37.8 Å². The van der Waals surface area contributed by atoms with Crippen LogP contribution in [0.25, 0.3) is 0 Å². The van der Waals surface area contributed by atoms with Crippen molar-refractivity contribution in [1.82, 2.24) is 16.0 Å². The van der Waals surface area contributed by atoms with Crippen molar-refractivity contribution in [1.29, 1.82) is 0 Å². The Hall–Kier alpha value is -1.03. The minimum atomic E-state index is -0.215.